The minimum absolute atomic E-state index is 0.00826. The average Bonchev–Trinajstić information content (AvgIpc) is 3.10. The lowest BCUT2D eigenvalue weighted by atomic mass is 10.1. The van der Waals surface area contributed by atoms with Crippen LogP contribution >= 0.6 is 11.3 Å². The van der Waals surface area contributed by atoms with Crippen molar-refractivity contribution >= 4 is 44.4 Å². The number of aromatic nitrogens is 1. The van der Waals surface area contributed by atoms with E-state index < -0.39 is 4.92 Å². The Morgan fingerprint density at radius 2 is 1.97 bits per heavy atom. The lowest BCUT2D eigenvalue weighted by Crippen LogP contribution is -2.35. The van der Waals surface area contributed by atoms with Crippen molar-refractivity contribution in [1.29, 1.82) is 0 Å². The molecule has 0 spiro atoms. The molecule has 1 heterocycles. The average molecular weight is 425 g/mol. The van der Waals surface area contributed by atoms with E-state index >= 15 is 0 Å². The molecule has 2 aromatic carbocycles. The summed E-state index contributed by atoms with van der Waals surface area (Å²) in [6.45, 7) is 5.24. The highest BCUT2D eigenvalue weighted by Gasteiger charge is 2.19. The molecular weight excluding hydrogens is 400 g/mol. The molecule has 0 saturated heterocycles. The van der Waals surface area contributed by atoms with Crippen LogP contribution in [0.15, 0.2) is 42.5 Å². The predicted molar refractivity (Wildman–Crippen MR) is 122 cm³/mol. The summed E-state index contributed by atoms with van der Waals surface area (Å²) >= 11 is 1.49. The van der Waals surface area contributed by atoms with Crippen LogP contribution < -0.4 is 4.90 Å². The van der Waals surface area contributed by atoms with Crippen LogP contribution in [0.3, 0.4) is 0 Å². The Bertz CT molecular complexity index is 1120. The van der Waals surface area contributed by atoms with Gasteiger partial charge in [0.15, 0.2) is 5.13 Å². The van der Waals surface area contributed by atoms with E-state index in [9.17, 15) is 14.9 Å². The molecule has 8 heteroatoms. The van der Waals surface area contributed by atoms with Gasteiger partial charge in [0, 0.05) is 31.3 Å². The van der Waals surface area contributed by atoms with E-state index in [2.05, 4.69) is 12.1 Å². The fourth-order valence-corrected chi connectivity index (χ4v) is 4.25. The Morgan fingerprint density at radius 1 is 1.20 bits per heavy atom. The molecule has 0 atom stereocenters. The highest BCUT2D eigenvalue weighted by Crippen LogP contribution is 2.32. The second kappa shape index (κ2) is 9.15. The molecule has 0 saturated carbocycles. The first-order valence-electron chi connectivity index (χ1n) is 9.51. The van der Waals surface area contributed by atoms with Gasteiger partial charge in [0.05, 0.1) is 15.1 Å². The minimum atomic E-state index is -0.450. The molecular formula is C22H24N4O3S. The summed E-state index contributed by atoms with van der Waals surface area (Å²) in [7, 11) is 3.90. The van der Waals surface area contributed by atoms with E-state index in [0.717, 1.165) is 21.3 Å². The molecule has 0 aliphatic heterocycles. The number of thiazole rings is 1. The number of fused-ring (bicyclic) bond motifs is 1. The van der Waals surface area contributed by atoms with Crippen molar-refractivity contribution in [3.8, 4) is 0 Å². The number of rotatable bonds is 7. The van der Waals surface area contributed by atoms with Gasteiger partial charge in [0.2, 0.25) is 0 Å². The third kappa shape index (κ3) is 5.08. The summed E-state index contributed by atoms with van der Waals surface area (Å²) < 4.78 is 1.05. The van der Waals surface area contributed by atoms with Crippen LogP contribution in [0.25, 0.3) is 16.3 Å². The Kier molecular flexibility index (Phi) is 6.59. The van der Waals surface area contributed by atoms with Gasteiger partial charge < -0.3 is 4.90 Å². The van der Waals surface area contributed by atoms with Crippen LogP contribution in [0, 0.1) is 24.0 Å². The quantitative estimate of drug-likeness (QED) is 0.318. The van der Waals surface area contributed by atoms with Gasteiger partial charge in [0.1, 0.15) is 0 Å². The highest BCUT2D eigenvalue weighted by atomic mass is 32.1. The first-order chi connectivity index (χ1) is 14.2. The van der Waals surface area contributed by atoms with E-state index in [-0.39, 0.29) is 11.6 Å². The summed E-state index contributed by atoms with van der Waals surface area (Å²) in [4.78, 5) is 31.9. The van der Waals surface area contributed by atoms with Crippen LogP contribution in [-0.4, -0.2) is 47.9 Å². The fraction of sp³-hybridized carbons (Fsp3) is 0.273. The molecule has 0 unspecified atom stereocenters. The van der Waals surface area contributed by atoms with Gasteiger partial charge in [0.25, 0.3) is 11.6 Å². The van der Waals surface area contributed by atoms with Crippen LogP contribution in [-0.2, 0) is 4.79 Å². The van der Waals surface area contributed by atoms with E-state index in [1.807, 2.05) is 32.8 Å². The van der Waals surface area contributed by atoms with Crippen molar-refractivity contribution in [2.75, 3.05) is 32.1 Å². The van der Waals surface area contributed by atoms with E-state index in [0.29, 0.717) is 23.8 Å². The van der Waals surface area contributed by atoms with E-state index in [1.165, 1.54) is 29.5 Å². The third-order valence-electron chi connectivity index (χ3n) is 4.59. The first-order valence-corrected chi connectivity index (χ1v) is 10.3. The lowest BCUT2D eigenvalue weighted by molar-refractivity contribution is -0.384. The van der Waals surface area contributed by atoms with Gasteiger partial charge >= 0.3 is 0 Å². The number of likely N-dealkylation sites (N-methyl/N-ethyl adjacent to an activating group) is 1. The lowest BCUT2D eigenvalue weighted by Gasteiger charge is -2.20. The first kappa shape index (κ1) is 21.6. The van der Waals surface area contributed by atoms with Crippen molar-refractivity contribution in [3.05, 3.63) is 69.3 Å². The number of hydrogen-bond donors (Lipinski definition) is 0. The van der Waals surface area contributed by atoms with Crippen molar-refractivity contribution in [3.63, 3.8) is 0 Å². The third-order valence-corrected chi connectivity index (χ3v) is 5.61. The number of benzene rings is 2. The molecule has 3 rings (SSSR count). The second-order valence-corrected chi connectivity index (χ2v) is 8.41. The number of nitrogens with zero attached hydrogens (tertiary/aromatic N) is 4. The molecule has 0 aliphatic carbocycles. The number of carbonyl (C=O) groups is 1. The Hall–Kier alpha value is -3.10. The van der Waals surface area contributed by atoms with Crippen molar-refractivity contribution in [2.24, 2.45) is 0 Å². The van der Waals surface area contributed by atoms with Gasteiger partial charge in [-0.2, -0.15) is 0 Å². The van der Waals surface area contributed by atoms with Gasteiger partial charge in [-0.05, 0) is 56.8 Å². The number of amides is 1. The zero-order valence-electron chi connectivity index (χ0n) is 17.5. The van der Waals surface area contributed by atoms with Crippen LogP contribution in [0.5, 0.6) is 0 Å². The molecule has 3 aromatic rings. The van der Waals surface area contributed by atoms with Gasteiger partial charge in [-0.1, -0.05) is 29.5 Å². The maximum atomic E-state index is 13.0. The molecule has 156 valence electrons. The van der Waals surface area contributed by atoms with Crippen molar-refractivity contribution < 1.29 is 9.72 Å². The summed E-state index contributed by atoms with van der Waals surface area (Å²) in [5.74, 6) is -0.211. The number of aryl methyl sites for hydroxylation is 2. The number of nitro groups is 1. The van der Waals surface area contributed by atoms with Gasteiger partial charge in [-0.25, -0.2) is 4.98 Å². The topological polar surface area (TPSA) is 79.6 Å². The normalized spacial score (nSPS) is 11.5. The molecule has 0 aliphatic rings. The SMILES string of the molecule is Cc1cc(C)c2nc(N(CCN(C)C)C(=O)/C=C/c3cccc([N+](=O)[O-])c3)sc2c1. The summed E-state index contributed by atoms with van der Waals surface area (Å²) in [6, 6.07) is 10.4. The maximum Gasteiger partial charge on any atom is 0.270 e. The zero-order valence-corrected chi connectivity index (χ0v) is 18.3. The Morgan fingerprint density at radius 3 is 2.67 bits per heavy atom. The van der Waals surface area contributed by atoms with Gasteiger partial charge in [-0.15, -0.1) is 0 Å². The van der Waals surface area contributed by atoms with Crippen LogP contribution in [0.1, 0.15) is 16.7 Å². The zero-order chi connectivity index (χ0) is 21.8. The fourth-order valence-electron chi connectivity index (χ4n) is 3.07. The van der Waals surface area contributed by atoms with Crippen molar-refractivity contribution in [1.82, 2.24) is 9.88 Å². The maximum absolute atomic E-state index is 13.0. The molecule has 30 heavy (non-hydrogen) atoms. The highest BCUT2D eigenvalue weighted by molar-refractivity contribution is 7.22. The largest absolute Gasteiger partial charge is 0.308 e. The Labute approximate surface area is 179 Å². The monoisotopic (exact) mass is 424 g/mol. The van der Waals surface area contributed by atoms with E-state index in [1.54, 1.807) is 23.1 Å². The molecule has 0 fully saturated rings. The molecule has 0 bridgehead atoms. The summed E-state index contributed by atoms with van der Waals surface area (Å²) in [5.41, 5.74) is 3.74. The Balaban J connectivity index is 1.91. The molecule has 0 radical (unpaired) electrons. The molecule has 1 aromatic heterocycles. The predicted octanol–water partition coefficient (Wildman–Crippen LogP) is 4.43. The summed E-state index contributed by atoms with van der Waals surface area (Å²) in [5, 5.41) is 11.6. The number of carbonyl (C=O) groups excluding carboxylic acids is 1. The van der Waals surface area contributed by atoms with Crippen molar-refractivity contribution in [2.45, 2.75) is 13.8 Å². The standard InChI is InChI=1S/C22H24N4O3S/c1-15-12-16(2)21-19(13-15)30-22(23-21)25(11-10-24(3)4)20(27)9-8-17-6-5-7-18(14-17)26(28)29/h5-9,12-14H,10-11H2,1-4H3/b9-8+. The van der Waals surface area contributed by atoms with Crippen LogP contribution in [0.4, 0.5) is 10.8 Å². The number of anilines is 1. The second-order valence-electron chi connectivity index (χ2n) is 7.40. The number of nitro benzene ring substituents is 1. The summed E-state index contributed by atoms with van der Waals surface area (Å²) in [6.07, 6.45) is 3.04. The molecule has 0 N–H and O–H groups in total. The molecule has 7 nitrogen and oxygen atoms in total. The minimum Gasteiger partial charge on any atom is -0.308 e. The smallest absolute Gasteiger partial charge is 0.270 e. The van der Waals surface area contributed by atoms with Gasteiger partial charge in [-0.3, -0.25) is 19.8 Å². The van der Waals surface area contributed by atoms with Crippen LogP contribution in [0.2, 0.25) is 0 Å². The van der Waals surface area contributed by atoms with E-state index in [4.69, 9.17) is 4.98 Å². The molecule has 1 amide bonds. The number of hydrogen-bond acceptors (Lipinski definition) is 6. The number of non-ortho nitro benzene ring substituents is 1.